The molecule has 0 saturated heterocycles. The van der Waals surface area contributed by atoms with Gasteiger partial charge in [0.1, 0.15) is 6.10 Å². The van der Waals surface area contributed by atoms with Crippen LogP contribution in [0.1, 0.15) is 12.8 Å². The highest BCUT2D eigenvalue weighted by Gasteiger charge is 2.08. The van der Waals surface area contributed by atoms with Gasteiger partial charge in [0.2, 0.25) is 0 Å². The molecule has 0 spiro atoms. The summed E-state index contributed by atoms with van der Waals surface area (Å²) < 4.78 is 5.12. The van der Waals surface area contributed by atoms with Crippen molar-refractivity contribution in [2.24, 2.45) is 0 Å². The number of allylic oxidation sites excluding steroid dienone is 1. The smallest absolute Gasteiger partial charge is 0.113 e. The Morgan fingerprint density at radius 1 is 1.78 bits per heavy atom. The van der Waals surface area contributed by atoms with Gasteiger partial charge in [0.05, 0.1) is 12.8 Å². The number of ether oxygens (including phenoxy) is 1. The minimum absolute atomic E-state index is 0.153. The summed E-state index contributed by atoms with van der Waals surface area (Å²) in [6.07, 6.45) is 5.86. The SMILES string of the molecule is ONCC1CCC=CO1. The average molecular weight is 129 g/mol. The van der Waals surface area contributed by atoms with E-state index in [9.17, 15) is 0 Å². The van der Waals surface area contributed by atoms with E-state index in [4.69, 9.17) is 9.94 Å². The van der Waals surface area contributed by atoms with E-state index in [2.05, 4.69) is 5.48 Å². The van der Waals surface area contributed by atoms with E-state index in [0.717, 1.165) is 12.8 Å². The Balaban J connectivity index is 2.18. The molecule has 3 nitrogen and oxygen atoms in total. The lowest BCUT2D eigenvalue weighted by molar-refractivity contribution is 0.0684. The van der Waals surface area contributed by atoms with Crippen LogP contribution in [0.2, 0.25) is 0 Å². The standard InChI is InChI=1S/C6H11NO2/c8-7-5-6-3-1-2-4-9-6/h2,4,6-8H,1,3,5H2. The first-order valence-electron chi connectivity index (χ1n) is 3.11. The van der Waals surface area contributed by atoms with Crippen LogP contribution in [-0.2, 0) is 4.74 Å². The molecule has 3 heteroatoms. The summed E-state index contributed by atoms with van der Waals surface area (Å²) >= 11 is 0. The Labute approximate surface area is 54.3 Å². The fourth-order valence-corrected chi connectivity index (χ4v) is 0.837. The topological polar surface area (TPSA) is 41.5 Å². The van der Waals surface area contributed by atoms with Crippen LogP contribution in [0.15, 0.2) is 12.3 Å². The molecule has 1 aliphatic heterocycles. The quantitative estimate of drug-likeness (QED) is 0.538. The van der Waals surface area contributed by atoms with Gasteiger partial charge in [-0.25, -0.2) is 5.48 Å². The van der Waals surface area contributed by atoms with Gasteiger partial charge in [-0.1, -0.05) is 0 Å². The number of hydrogen-bond acceptors (Lipinski definition) is 3. The van der Waals surface area contributed by atoms with Gasteiger partial charge in [0.15, 0.2) is 0 Å². The largest absolute Gasteiger partial charge is 0.497 e. The van der Waals surface area contributed by atoms with Gasteiger partial charge >= 0.3 is 0 Å². The van der Waals surface area contributed by atoms with Crippen LogP contribution in [0.25, 0.3) is 0 Å². The monoisotopic (exact) mass is 129 g/mol. The minimum Gasteiger partial charge on any atom is -0.497 e. The molecule has 9 heavy (non-hydrogen) atoms. The molecule has 0 aromatic rings. The highest BCUT2D eigenvalue weighted by Crippen LogP contribution is 2.08. The fraction of sp³-hybridized carbons (Fsp3) is 0.667. The maximum atomic E-state index is 8.26. The molecule has 2 N–H and O–H groups in total. The second-order valence-electron chi connectivity index (χ2n) is 2.07. The molecule has 0 saturated carbocycles. The number of nitrogens with one attached hydrogen (secondary N) is 1. The second kappa shape index (κ2) is 3.48. The van der Waals surface area contributed by atoms with Gasteiger partial charge in [-0.05, 0) is 18.9 Å². The van der Waals surface area contributed by atoms with E-state index < -0.39 is 0 Å². The van der Waals surface area contributed by atoms with Gasteiger partial charge < -0.3 is 9.94 Å². The lowest BCUT2D eigenvalue weighted by Gasteiger charge is -2.17. The molecule has 0 amide bonds. The molecule has 0 fully saturated rings. The predicted octanol–water partition coefficient (Wildman–Crippen LogP) is 0.658. The van der Waals surface area contributed by atoms with Gasteiger partial charge in [-0.3, -0.25) is 0 Å². The first-order valence-corrected chi connectivity index (χ1v) is 3.11. The highest BCUT2D eigenvalue weighted by molar-refractivity contribution is 4.82. The molecule has 0 aromatic heterocycles. The normalized spacial score (nSPS) is 25.7. The van der Waals surface area contributed by atoms with E-state index in [1.54, 1.807) is 6.26 Å². The summed E-state index contributed by atoms with van der Waals surface area (Å²) in [5.74, 6) is 0. The molecular weight excluding hydrogens is 118 g/mol. The first-order chi connectivity index (χ1) is 4.43. The van der Waals surface area contributed by atoms with Crippen LogP contribution < -0.4 is 5.48 Å². The van der Waals surface area contributed by atoms with Crippen LogP contribution in [0.5, 0.6) is 0 Å². The maximum Gasteiger partial charge on any atom is 0.113 e. The minimum atomic E-state index is 0.153. The van der Waals surface area contributed by atoms with Crippen molar-refractivity contribution in [2.45, 2.75) is 18.9 Å². The fourth-order valence-electron chi connectivity index (χ4n) is 0.837. The summed E-state index contributed by atoms with van der Waals surface area (Å²) in [7, 11) is 0. The van der Waals surface area contributed by atoms with Crippen LogP contribution >= 0.6 is 0 Å². The Kier molecular flexibility index (Phi) is 2.54. The van der Waals surface area contributed by atoms with E-state index in [1.165, 1.54) is 0 Å². The lowest BCUT2D eigenvalue weighted by atomic mass is 10.2. The zero-order valence-electron chi connectivity index (χ0n) is 5.21. The van der Waals surface area contributed by atoms with Crippen molar-refractivity contribution >= 4 is 0 Å². The van der Waals surface area contributed by atoms with Crippen LogP contribution in [0.4, 0.5) is 0 Å². The van der Waals surface area contributed by atoms with Crippen molar-refractivity contribution in [3.05, 3.63) is 12.3 Å². The highest BCUT2D eigenvalue weighted by atomic mass is 16.5. The van der Waals surface area contributed by atoms with Gasteiger partial charge in [0.25, 0.3) is 0 Å². The molecule has 0 radical (unpaired) electrons. The molecule has 0 aliphatic carbocycles. The summed E-state index contributed by atoms with van der Waals surface area (Å²) in [6, 6.07) is 0. The third kappa shape index (κ3) is 2.03. The Morgan fingerprint density at radius 3 is 3.22 bits per heavy atom. The van der Waals surface area contributed by atoms with Crippen molar-refractivity contribution < 1.29 is 9.94 Å². The first kappa shape index (κ1) is 6.58. The molecule has 1 atom stereocenters. The molecular formula is C6H11NO2. The third-order valence-corrected chi connectivity index (χ3v) is 1.34. The maximum absolute atomic E-state index is 8.26. The Morgan fingerprint density at radius 2 is 2.67 bits per heavy atom. The van der Waals surface area contributed by atoms with Crippen LogP contribution in [-0.4, -0.2) is 17.9 Å². The number of hydrogen-bond donors (Lipinski definition) is 2. The van der Waals surface area contributed by atoms with Crippen molar-refractivity contribution in [3.8, 4) is 0 Å². The van der Waals surface area contributed by atoms with Gasteiger partial charge in [-0.2, -0.15) is 0 Å². The van der Waals surface area contributed by atoms with E-state index in [-0.39, 0.29) is 6.10 Å². The van der Waals surface area contributed by atoms with Crippen LogP contribution in [0.3, 0.4) is 0 Å². The average Bonchev–Trinajstić information content (AvgIpc) is 1.91. The lowest BCUT2D eigenvalue weighted by Crippen LogP contribution is -2.26. The molecule has 1 aliphatic rings. The van der Waals surface area contributed by atoms with E-state index in [0.29, 0.717) is 6.54 Å². The zero-order chi connectivity index (χ0) is 6.53. The van der Waals surface area contributed by atoms with E-state index >= 15 is 0 Å². The Bertz CT molecular complexity index is 103. The van der Waals surface area contributed by atoms with Crippen molar-refractivity contribution in [1.82, 2.24) is 5.48 Å². The van der Waals surface area contributed by atoms with E-state index in [1.807, 2.05) is 6.08 Å². The number of hydroxylamine groups is 1. The number of rotatable bonds is 2. The summed E-state index contributed by atoms with van der Waals surface area (Å²) in [4.78, 5) is 0. The van der Waals surface area contributed by atoms with Gasteiger partial charge in [-0.15, -0.1) is 0 Å². The molecule has 1 unspecified atom stereocenters. The van der Waals surface area contributed by atoms with Crippen molar-refractivity contribution in [1.29, 1.82) is 0 Å². The Hall–Kier alpha value is -0.540. The molecule has 1 rings (SSSR count). The molecule has 52 valence electrons. The summed E-state index contributed by atoms with van der Waals surface area (Å²) in [6.45, 7) is 0.518. The molecule has 1 heterocycles. The summed E-state index contributed by atoms with van der Waals surface area (Å²) in [5, 5.41) is 8.26. The van der Waals surface area contributed by atoms with Crippen LogP contribution in [0, 0.1) is 0 Å². The molecule has 0 aromatic carbocycles. The second-order valence-corrected chi connectivity index (χ2v) is 2.07. The zero-order valence-corrected chi connectivity index (χ0v) is 5.21. The summed E-state index contributed by atoms with van der Waals surface area (Å²) in [5.41, 5.74) is 2.08. The predicted molar refractivity (Wildman–Crippen MR) is 33.0 cm³/mol. The molecule has 0 bridgehead atoms. The van der Waals surface area contributed by atoms with Crippen molar-refractivity contribution in [2.75, 3.05) is 6.54 Å². The third-order valence-electron chi connectivity index (χ3n) is 1.34. The van der Waals surface area contributed by atoms with Crippen molar-refractivity contribution in [3.63, 3.8) is 0 Å². The van der Waals surface area contributed by atoms with Gasteiger partial charge in [0, 0.05) is 0 Å².